The SMILES string of the molecule is CC/C=C\C/C=C\C/C=C\C/C=C\C/C=C\CCCCCC(=O)O[C@H](COC(=O)CC/C=C\C/C=C\C/C=C\C/C=C\CC1OC1C/C=C\CC)COP(=O)(O)OC[C@@H](O)CO. The van der Waals surface area contributed by atoms with E-state index in [9.17, 15) is 24.2 Å². The summed E-state index contributed by atoms with van der Waals surface area (Å²) in [7, 11) is -4.66. The summed E-state index contributed by atoms with van der Waals surface area (Å²) in [5.74, 6) is -1.08. The van der Waals surface area contributed by atoms with Gasteiger partial charge in [-0.15, -0.1) is 0 Å². The van der Waals surface area contributed by atoms with Crippen LogP contribution in [0.25, 0.3) is 0 Å². The van der Waals surface area contributed by atoms with E-state index in [1.54, 1.807) is 0 Å². The molecule has 0 aromatic carbocycles. The number of aliphatic hydroxyl groups excluding tert-OH is 2. The van der Waals surface area contributed by atoms with E-state index in [4.69, 9.17) is 23.8 Å². The van der Waals surface area contributed by atoms with E-state index >= 15 is 0 Å². The lowest BCUT2D eigenvalue weighted by atomic mass is 10.1. The van der Waals surface area contributed by atoms with Crippen LogP contribution in [0, 0.1) is 0 Å². The summed E-state index contributed by atoms with van der Waals surface area (Å²) >= 11 is 0. The molecule has 0 saturated carbocycles. The van der Waals surface area contributed by atoms with Gasteiger partial charge in [0.2, 0.25) is 0 Å². The number of hydrogen-bond donors (Lipinski definition) is 3. The molecule has 0 aromatic heterocycles. The van der Waals surface area contributed by atoms with Crippen LogP contribution in [0.1, 0.15) is 129 Å². The number of rotatable bonds is 39. The fourth-order valence-corrected chi connectivity index (χ4v) is 6.29. The van der Waals surface area contributed by atoms with Gasteiger partial charge >= 0.3 is 19.8 Å². The quantitative estimate of drug-likeness (QED) is 0.0177. The van der Waals surface area contributed by atoms with Crippen LogP contribution in [-0.4, -0.2) is 77.9 Å². The van der Waals surface area contributed by atoms with Crippen LogP contribution < -0.4 is 0 Å². The molecule has 0 radical (unpaired) electrons. The number of allylic oxidation sites excluding steroid dienone is 18. The molecule has 1 fully saturated rings. The molecule has 3 unspecified atom stereocenters. The molecule has 0 spiro atoms. The van der Waals surface area contributed by atoms with Gasteiger partial charge in [0.15, 0.2) is 6.10 Å². The highest BCUT2D eigenvalue weighted by molar-refractivity contribution is 7.47. The predicted molar refractivity (Wildman–Crippen MR) is 250 cm³/mol. The van der Waals surface area contributed by atoms with Gasteiger partial charge in [0.25, 0.3) is 0 Å². The second-order valence-electron chi connectivity index (χ2n) is 14.7. The third-order valence-corrected chi connectivity index (χ3v) is 9.98. The number of carbonyl (C=O) groups excluding carboxylic acids is 2. The van der Waals surface area contributed by atoms with Gasteiger partial charge in [-0.05, 0) is 96.3 Å². The first-order valence-corrected chi connectivity index (χ1v) is 24.1. The molecular weight excluding hydrogens is 808 g/mol. The van der Waals surface area contributed by atoms with Gasteiger partial charge in [0, 0.05) is 12.8 Å². The molecule has 0 aromatic rings. The van der Waals surface area contributed by atoms with Crippen molar-refractivity contribution in [2.24, 2.45) is 0 Å². The minimum Gasteiger partial charge on any atom is -0.462 e. The normalized spacial score (nSPS) is 18.1. The Morgan fingerprint density at radius 3 is 1.55 bits per heavy atom. The zero-order valence-corrected chi connectivity index (χ0v) is 38.4. The Hall–Kier alpha value is -3.67. The van der Waals surface area contributed by atoms with Gasteiger partial charge in [-0.1, -0.05) is 142 Å². The maximum Gasteiger partial charge on any atom is 0.472 e. The Morgan fingerprint density at radius 2 is 1.02 bits per heavy atom. The smallest absolute Gasteiger partial charge is 0.462 e. The first-order chi connectivity index (χ1) is 30.2. The molecule has 5 atom stereocenters. The van der Waals surface area contributed by atoms with Crippen LogP contribution in [0.2, 0.25) is 0 Å². The lowest BCUT2D eigenvalue weighted by molar-refractivity contribution is -0.161. The van der Waals surface area contributed by atoms with Gasteiger partial charge in [-0.2, -0.15) is 0 Å². The second-order valence-corrected chi connectivity index (χ2v) is 16.1. The van der Waals surface area contributed by atoms with Crippen molar-refractivity contribution < 1.29 is 52.5 Å². The van der Waals surface area contributed by atoms with Gasteiger partial charge in [0.1, 0.15) is 12.7 Å². The average Bonchev–Trinajstić information content (AvgIpc) is 4.02. The van der Waals surface area contributed by atoms with E-state index in [1.165, 1.54) is 0 Å². The molecule has 348 valence electrons. The maximum absolute atomic E-state index is 12.6. The highest BCUT2D eigenvalue weighted by Crippen LogP contribution is 2.43. The number of phosphoric ester groups is 1. The summed E-state index contributed by atoms with van der Waals surface area (Å²) in [4.78, 5) is 35.0. The fraction of sp³-hybridized carbons (Fsp3) is 0.560. The van der Waals surface area contributed by atoms with Crippen molar-refractivity contribution in [3.63, 3.8) is 0 Å². The number of esters is 2. The van der Waals surface area contributed by atoms with Crippen molar-refractivity contribution in [2.75, 3.05) is 26.4 Å². The number of ether oxygens (including phenoxy) is 3. The van der Waals surface area contributed by atoms with Gasteiger partial charge in [-0.3, -0.25) is 18.6 Å². The van der Waals surface area contributed by atoms with Crippen molar-refractivity contribution in [3.8, 4) is 0 Å². The fourth-order valence-electron chi connectivity index (χ4n) is 5.50. The Kier molecular flexibility index (Phi) is 36.5. The molecule has 1 saturated heterocycles. The Balaban J connectivity index is 2.32. The standard InChI is InChI=1S/C50H77O11P/c1-3-5-7-8-9-10-11-12-13-14-15-16-17-18-23-26-29-32-36-40-50(54)60-46(44-59-62(55,56)58-42-45(52)41-51)43-57-49(53)39-35-31-28-25-22-20-19-21-24-27-30-34-38-48-47(61-48)37-33-6-4-2/h5-7,9-10,12-13,15-16,18,20-24,28,30-31,33-34,45-48,51-52H,3-4,8,11,14,17,19,25-27,29,32,35-44H2,1-2H3,(H,55,56)/b7-5-,10-9-,13-12-,16-15-,22-20-,23-18-,24-21-,31-28-,33-6-,34-30-/t45-,46+,47?,48?/m0/s1. The van der Waals surface area contributed by atoms with Crippen LogP contribution in [0.4, 0.5) is 0 Å². The molecule has 3 N–H and O–H groups in total. The van der Waals surface area contributed by atoms with Gasteiger partial charge < -0.3 is 29.3 Å². The molecule has 1 aliphatic rings. The molecule has 0 aliphatic carbocycles. The van der Waals surface area contributed by atoms with Crippen molar-refractivity contribution in [2.45, 2.75) is 154 Å². The van der Waals surface area contributed by atoms with Gasteiger partial charge in [0.05, 0.1) is 32.0 Å². The highest BCUT2D eigenvalue weighted by Gasteiger charge is 2.36. The van der Waals surface area contributed by atoms with E-state index in [-0.39, 0.29) is 19.4 Å². The number of hydrogen-bond acceptors (Lipinski definition) is 10. The Bertz CT molecular complexity index is 1500. The van der Waals surface area contributed by atoms with Crippen molar-refractivity contribution in [3.05, 3.63) is 122 Å². The molecule has 1 heterocycles. The van der Waals surface area contributed by atoms with E-state index in [0.29, 0.717) is 25.0 Å². The van der Waals surface area contributed by atoms with E-state index in [0.717, 1.165) is 89.9 Å². The zero-order chi connectivity index (χ0) is 45.2. The van der Waals surface area contributed by atoms with Crippen molar-refractivity contribution in [1.29, 1.82) is 0 Å². The molecule has 62 heavy (non-hydrogen) atoms. The molecular formula is C50H77O11P. The number of unbranched alkanes of at least 4 members (excludes halogenated alkanes) is 3. The predicted octanol–water partition coefficient (Wildman–Crippen LogP) is 11.3. The molecule has 0 bridgehead atoms. The number of carbonyl (C=O) groups is 2. The lowest BCUT2D eigenvalue weighted by Crippen LogP contribution is -2.29. The van der Waals surface area contributed by atoms with Crippen LogP contribution in [0.3, 0.4) is 0 Å². The second kappa shape index (κ2) is 40.1. The number of epoxide rings is 1. The van der Waals surface area contributed by atoms with E-state index in [1.807, 2.05) is 12.2 Å². The first-order valence-electron chi connectivity index (χ1n) is 22.6. The van der Waals surface area contributed by atoms with Crippen molar-refractivity contribution >= 4 is 19.8 Å². The van der Waals surface area contributed by atoms with Crippen LogP contribution in [-0.2, 0) is 37.4 Å². The van der Waals surface area contributed by atoms with Gasteiger partial charge in [-0.25, -0.2) is 4.57 Å². The number of phosphoric acid groups is 1. The largest absolute Gasteiger partial charge is 0.472 e. The molecule has 12 heteroatoms. The average molecular weight is 885 g/mol. The van der Waals surface area contributed by atoms with Crippen LogP contribution in [0.5, 0.6) is 0 Å². The van der Waals surface area contributed by atoms with Crippen LogP contribution >= 0.6 is 7.82 Å². The third-order valence-electron chi connectivity index (χ3n) is 9.03. The molecule has 11 nitrogen and oxygen atoms in total. The Labute approximate surface area is 373 Å². The summed E-state index contributed by atoms with van der Waals surface area (Å²) in [6, 6.07) is 0. The van der Waals surface area contributed by atoms with Crippen LogP contribution in [0.15, 0.2) is 122 Å². The van der Waals surface area contributed by atoms with E-state index in [2.05, 4.69) is 128 Å². The summed E-state index contributed by atoms with van der Waals surface area (Å²) < 4.78 is 38.3. The molecule has 1 rings (SSSR count). The third kappa shape index (κ3) is 36.9. The summed E-state index contributed by atoms with van der Waals surface area (Å²) in [5.41, 5.74) is 0. The minimum atomic E-state index is -4.66. The van der Waals surface area contributed by atoms with Crippen molar-refractivity contribution in [1.82, 2.24) is 0 Å². The number of aliphatic hydroxyl groups is 2. The molecule has 0 amide bonds. The highest BCUT2D eigenvalue weighted by atomic mass is 31.2. The molecule has 1 aliphatic heterocycles. The first kappa shape index (κ1) is 56.3. The van der Waals surface area contributed by atoms with E-state index < -0.39 is 51.8 Å². The summed E-state index contributed by atoms with van der Waals surface area (Å²) in [6.07, 6.45) is 55.0. The minimum absolute atomic E-state index is 0.0972. The lowest BCUT2D eigenvalue weighted by Gasteiger charge is -2.20. The maximum atomic E-state index is 12.6. The summed E-state index contributed by atoms with van der Waals surface area (Å²) in [6.45, 7) is 1.99. The Morgan fingerprint density at radius 1 is 0.565 bits per heavy atom. The topological polar surface area (TPSA) is 161 Å². The summed E-state index contributed by atoms with van der Waals surface area (Å²) in [5, 5.41) is 18.4. The zero-order valence-electron chi connectivity index (χ0n) is 37.5. The monoisotopic (exact) mass is 885 g/mol.